The van der Waals surface area contributed by atoms with Crippen LogP contribution in [0.3, 0.4) is 0 Å². The van der Waals surface area contributed by atoms with Crippen molar-refractivity contribution in [3.63, 3.8) is 0 Å². The van der Waals surface area contributed by atoms with Crippen LogP contribution in [0.25, 0.3) is 0 Å². The fraction of sp³-hybridized carbons (Fsp3) is 1.00. The Hall–Kier alpha value is -0.120. The second kappa shape index (κ2) is 3.32. The van der Waals surface area contributed by atoms with Crippen LogP contribution in [-0.2, 0) is 4.74 Å². The first-order valence-electron chi connectivity index (χ1n) is 4.87. The number of rotatable bonds is 2. The third-order valence-electron chi connectivity index (χ3n) is 2.66. The summed E-state index contributed by atoms with van der Waals surface area (Å²) in [6, 6.07) is 0. The number of nitrogens with zero attached hydrogens (tertiary/aromatic N) is 2. The monoisotopic (exact) mass is 170 g/mol. The summed E-state index contributed by atoms with van der Waals surface area (Å²) in [5.74, 6) is 0. The lowest BCUT2D eigenvalue weighted by atomic mass is 10.2. The molecule has 0 amide bonds. The molecule has 0 aromatic heterocycles. The number of fused-ring (bicyclic) bond motifs is 3. The van der Waals surface area contributed by atoms with Crippen molar-refractivity contribution in [2.45, 2.75) is 26.2 Å². The standard InChI is InChI=1S/C9H18N2O/c1-8(2)12-9-7-10-3-5-11(9)6-4-10/h8-9H,3-7H2,1-2H3. The lowest BCUT2D eigenvalue weighted by Gasteiger charge is -2.47. The SMILES string of the molecule is CC(C)OC1CN2CCN1CC2. The molecule has 0 N–H and O–H groups in total. The molecule has 0 aliphatic carbocycles. The molecule has 3 heterocycles. The molecule has 3 saturated heterocycles. The van der Waals surface area contributed by atoms with Gasteiger partial charge in [0.25, 0.3) is 0 Å². The van der Waals surface area contributed by atoms with Crippen molar-refractivity contribution >= 4 is 0 Å². The van der Waals surface area contributed by atoms with Gasteiger partial charge in [-0.1, -0.05) is 0 Å². The molecule has 2 bridgehead atoms. The zero-order valence-electron chi connectivity index (χ0n) is 7.99. The number of hydrogen-bond donors (Lipinski definition) is 0. The molecule has 0 aromatic carbocycles. The zero-order chi connectivity index (χ0) is 8.55. The molecular weight excluding hydrogens is 152 g/mol. The Labute approximate surface area is 74.3 Å². The Morgan fingerprint density at radius 2 is 1.83 bits per heavy atom. The van der Waals surface area contributed by atoms with E-state index in [9.17, 15) is 0 Å². The summed E-state index contributed by atoms with van der Waals surface area (Å²) >= 11 is 0. The highest BCUT2D eigenvalue weighted by molar-refractivity contribution is 4.83. The van der Waals surface area contributed by atoms with Crippen molar-refractivity contribution in [3.8, 4) is 0 Å². The van der Waals surface area contributed by atoms with Crippen LogP contribution in [0.4, 0.5) is 0 Å². The highest BCUT2D eigenvalue weighted by atomic mass is 16.5. The van der Waals surface area contributed by atoms with Crippen molar-refractivity contribution < 1.29 is 4.74 Å². The van der Waals surface area contributed by atoms with Gasteiger partial charge in [0.05, 0.1) is 6.10 Å². The van der Waals surface area contributed by atoms with Crippen molar-refractivity contribution in [2.75, 3.05) is 32.7 Å². The van der Waals surface area contributed by atoms with E-state index in [1.54, 1.807) is 0 Å². The minimum Gasteiger partial charge on any atom is -0.359 e. The maximum absolute atomic E-state index is 5.81. The van der Waals surface area contributed by atoms with E-state index in [1.165, 1.54) is 26.2 Å². The third kappa shape index (κ3) is 1.63. The molecular formula is C9H18N2O. The van der Waals surface area contributed by atoms with Gasteiger partial charge >= 0.3 is 0 Å². The molecule has 3 aliphatic heterocycles. The van der Waals surface area contributed by atoms with E-state index in [2.05, 4.69) is 23.6 Å². The molecule has 0 aromatic rings. The largest absolute Gasteiger partial charge is 0.359 e. The maximum atomic E-state index is 5.81. The maximum Gasteiger partial charge on any atom is 0.123 e. The Kier molecular flexibility index (Phi) is 2.35. The third-order valence-corrected chi connectivity index (χ3v) is 2.66. The van der Waals surface area contributed by atoms with E-state index in [-0.39, 0.29) is 0 Å². The first kappa shape index (κ1) is 8.48. The van der Waals surface area contributed by atoms with Crippen LogP contribution in [0.2, 0.25) is 0 Å². The Balaban J connectivity index is 1.91. The number of ether oxygens (including phenoxy) is 1. The van der Waals surface area contributed by atoms with E-state index < -0.39 is 0 Å². The molecule has 1 unspecified atom stereocenters. The summed E-state index contributed by atoms with van der Waals surface area (Å²) in [5.41, 5.74) is 0. The zero-order valence-corrected chi connectivity index (χ0v) is 7.99. The average molecular weight is 170 g/mol. The summed E-state index contributed by atoms with van der Waals surface area (Å²) in [6.45, 7) is 10.2. The highest BCUT2D eigenvalue weighted by Crippen LogP contribution is 2.17. The van der Waals surface area contributed by atoms with Gasteiger partial charge in [0, 0.05) is 32.7 Å². The van der Waals surface area contributed by atoms with E-state index in [0.29, 0.717) is 12.3 Å². The van der Waals surface area contributed by atoms with Crippen LogP contribution >= 0.6 is 0 Å². The predicted octanol–water partition coefficient (Wildman–Crippen LogP) is 0.369. The second-order valence-electron chi connectivity index (χ2n) is 3.98. The molecule has 3 fully saturated rings. The van der Waals surface area contributed by atoms with Crippen molar-refractivity contribution in [2.24, 2.45) is 0 Å². The molecule has 0 saturated carbocycles. The van der Waals surface area contributed by atoms with Crippen LogP contribution in [0.1, 0.15) is 13.8 Å². The smallest absolute Gasteiger partial charge is 0.123 e. The van der Waals surface area contributed by atoms with E-state index in [4.69, 9.17) is 4.74 Å². The van der Waals surface area contributed by atoms with Crippen LogP contribution in [-0.4, -0.2) is 54.9 Å². The summed E-state index contributed by atoms with van der Waals surface area (Å²) in [4.78, 5) is 4.95. The van der Waals surface area contributed by atoms with Gasteiger partial charge in [0.1, 0.15) is 6.23 Å². The molecule has 3 aliphatic rings. The average Bonchev–Trinajstić information content (AvgIpc) is 2.05. The van der Waals surface area contributed by atoms with E-state index in [0.717, 1.165) is 6.54 Å². The summed E-state index contributed by atoms with van der Waals surface area (Å²) < 4.78 is 5.81. The van der Waals surface area contributed by atoms with Gasteiger partial charge in [-0.15, -0.1) is 0 Å². The van der Waals surface area contributed by atoms with Gasteiger partial charge in [-0.05, 0) is 13.8 Å². The fourth-order valence-corrected chi connectivity index (χ4v) is 2.01. The molecule has 1 atom stereocenters. The molecule has 3 nitrogen and oxygen atoms in total. The van der Waals surface area contributed by atoms with Crippen molar-refractivity contribution in [1.29, 1.82) is 0 Å². The Bertz CT molecular complexity index is 151. The number of hydrogen-bond acceptors (Lipinski definition) is 3. The summed E-state index contributed by atoms with van der Waals surface area (Å²) in [7, 11) is 0. The predicted molar refractivity (Wildman–Crippen MR) is 48.0 cm³/mol. The van der Waals surface area contributed by atoms with Crippen LogP contribution < -0.4 is 0 Å². The van der Waals surface area contributed by atoms with Crippen LogP contribution in [0, 0.1) is 0 Å². The van der Waals surface area contributed by atoms with E-state index in [1.807, 2.05) is 0 Å². The van der Waals surface area contributed by atoms with Crippen LogP contribution in [0.15, 0.2) is 0 Å². The van der Waals surface area contributed by atoms with Crippen molar-refractivity contribution in [1.82, 2.24) is 9.80 Å². The van der Waals surface area contributed by atoms with Crippen molar-refractivity contribution in [3.05, 3.63) is 0 Å². The van der Waals surface area contributed by atoms with Gasteiger partial charge < -0.3 is 4.74 Å². The molecule has 12 heavy (non-hydrogen) atoms. The minimum atomic E-state index is 0.357. The molecule has 0 radical (unpaired) electrons. The minimum absolute atomic E-state index is 0.357. The van der Waals surface area contributed by atoms with Crippen LogP contribution in [0.5, 0.6) is 0 Å². The topological polar surface area (TPSA) is 15.7 Å². The van der Waals surface area contributed by atoms with E-state index >= 15 is 0 Å². The normalized spacial score (nSPS) is 40.8. The Morgan fingerprint density at radius 3 is 2.25 bits per heavy atom. The van der Waals surface area contributed by atoms with Gasteiger partial charge in [-0.3, -0.25) is 9.80 Å². The molecule has 3 heteroatoms. The number of piperazine rings is 3. The summed E-state index contributed by atoms with van der Waals surface area (Å²) in [6.07, 6.45) is 0.725. The van der Waals surface area contributed by atoms with Gasteiger partial charge in [-0.25, -0.2) is 0 Å². The first-order valence-corrected chi connectivity index (χ1v) is 4.87. The quantitative estimate of drug-likeness (QED) is 0.595. The molecule has 0 spiro atoms. The lowest BCUT2D eigenvalue weighted by molar-refractivity contribution is -0.149. The highest BCUT2D eigenvalue weighted by Gasteiger charge is 2.32. The second-order valence-corrected chi connectivity index (χ2v) is 3.98. The molecule has 3 rings (SSSR count). The Morgan fingerprint density at radius 1 is 1.17 bits per heavy atom. The van der Waals surface area contributed by atoms with Gasteiger partial charge in [0.2, 0.25) is 0 Å². The van der Waals surface area contributed by atoms with Gasteiger partial charge in [-0.2, -0.15) is 0 Å². The first-order chi connectivity index (χ1) is 5.75. The lowest BCUT2D eigenvalue weighted by Crippen LogP contribution is -2.62. The summed E-state index contributed by atoms with van der Waals surface area (Å²) in [5, 5.41) is 0. The molecule has 70 valence electrons. The fourth-order valence-electron chi connectivity index (χ4n) is 2.01. The van der Waals surface area contributed by atoms with Gasteiger partial charge in [0.15, 0.2) is 0 Å².